The lowest BCUT2D eigenvalue weighted by Crippen LogP contribution is -2.22. The molecule has 0 unspecified atom stereocenters. The Labute approximate surface area is 166 Å². The number of rotatable bonds is 5. The zero-order chi connectivity index (χ0) is 19.4. The standard InChI is InChI=1S/C20H18ClN3O2S/c1-12-18(27-20(23-12)15-6-4-7-16(21)10-15)19(26)22-11-14-5-3-8-17(9-14)24-13(2)25/h3-10H,11H2,1-2H3,(H,22,26)(H,24,25). The summed E-state index contributed by atoms with van der Waals surface area (Å²) in [5.41, 5.74) is 3.16. The van der Waals surface area contributed by atoms with E-state index in [-0.39, 0.29) is 11.8 Å². The van der Waals surface area contributed by atoms with Gasteiger partial charge in [0.15, 0.2) is 0 Å². The lowest BCUT2D eigenvalue weighted by Gasteiger charge is -2.07. The summed E-state index contributed by atoms with van der Waals surface area (Å²) in [6.45, 7) is 3.63. The number of aromatic nitrogens is 1. The van der Waals surface area contributed by atoms with Crippen LogP contribution in [0.15, 0.2) is 48.5 Å². The molecule has 3 aromatic rings. The molecule has 138 valence electrons. The lowest BCUT2D eigenvalue weighted by atomic mass is 10.2. The van der Waals surface area contributed by atoms with Crippen molar-refractivity contribution < 1.29 is 9.59 Å². The van der Waals surface area contributed by atoms with Gasteiger partial charge in [-0.2, -0.15) is 0 Å². The Kier molecular flexibility index (Phi) is 5.88. The molecule has 0 atom stereocenters. The monoisotopic (exact) mass is 399 g/mol. The van der Waals surface area contributed by atoms with Crippen LogP contribution < -0.4 is 10.6 Å². The molecule has 0 aliphatic rings. The van der Waals surface area contributed by atoms with E-state index in [2.05, 4.69) is 15.6 Å². The SMILES string of the molecule is CC(=O)Nc1cccc(CNC(=O)c2sc(-c3cccc(Cl)c3)nc2C)c1. The Morgan fingerprint density at radius 3 is 2.67 bits per heavy atom. The van der Waals surface area contributed by atoms with Crippen molar-refractivity contribution in [3.05, 3.63) is 69.7 Å². The highest BCUT2D eigenvalue weighted by atomic mass is 35.5. The number of anilines is 1. The predicted molar refractivity (Wildman–Crippen MR) is 109 cm³/mol. The third kappa shape index (κ3) is 4.93. The van der Waals surface area contributed by atoms with Gasteiger partial charge in [0.1, 0.15) is 9.88 Å². The number of hydrogen-bond donors (Lipinski definition) is 2. The number of hydrogen-bond acceptors (Lipinski definition) is 4. The molecule has 2 amide bonds. The second-order valence-electron chi connectivity index (χ2n) is 6.01. The second-order valence-corrected chi connectivity index (χ2v) is 7.44. The first-order valence-electron chi connectivity index (χ1n) is 8.30. The number of aryl methyl sites for hydroxylation is 1. The summed E-state index contributed by atoms with van der Waals surface area (Å²) in [6.07, 6.45) is 0. The van der Waals surface area contributed by atoms with Gasteiger partial charge in [-0.25, -0.2) is 4.98 Å². The number of halogens is 1. The average molecular weight is 400 g/mol. The fraction of sp³-hybridized carbons (Fsp3) is 0.150. The Morgan fingerprint density at radius 1 is 1.15 bits per heavy atom. The molecule has 0 aliphatic heterocycles. The molecule has 5 nitrogen and oxygen atoms in total. The maximum Gasteiger partial charge on any atom is 0.263 e. The number of benzene rings is 2. The molecule has 0 saturated heterocycles. The van der Waals surface area contributed by atoms with Gasteiger partial charge in [0.25, 0.3) is 5.91 Å². The van der Waals surface area contributed by atoms with E-state index in [1.807, 2.05) is 43.3 Å². The van der Waals surface area contributed by atoms with Crippen LogP contribution in [0.25, 0.3) is 10.6 Å². The van der Waals surface area contributed by atoms with E-state index >= 15 is 0 Å². The molecule has 0 spiro atoms. The van der Waals surface area contributed by atoms with E-state index in [9.17, 15) is 9.59 Å². The third-order valence-corrected chi connectivity index (χ3v) is 5.22. The number of carbonyl (C=O) groups is 2. The van der Waals surface area contributed by atoms with Crippen molar-refractivity contribution >= 4 is 40.4 Å². The van der Waals surface area contributed by atoms with Gasteiger partial charge in [-0.3, -0.25) is 9.59 Å². The Hall–Kier alpha value is -2.70. The van der Waals surface area contributed by atoms with Gasteiger partial charge >= 0.3 is 0 Å². The first-order valence-corrected chi connectivity index (χ1v) is 9.50. The van der Waals surface area contributed by atoms with Gasteiger partial charge in [0.05, 0.1) is 5.69 Å². The van der Waals surface area contributed by atoms with Crippen molar-refractivity contribution in [2.24, 2.45) is 0 Å². The van der Waals surface area contributed by atoms with Crippen LogP contribution in [0.3, 0.4) is 0 Å². The maximum atomic E-state index is 12.6. The minimum Gasteiger partial charge on any atom is -0.347 e. The summed E-state index contributed by atoms with van der Waals surface area (Å²) >= 11 is 7.37. The number of nitrogens with zero attached hydrogens (tertiary/aromatic N) is 1. The molecule has 27 heavy (non-hydrogen) atoms. The van der Waals surface area contributed by atoms with Gasteiger partial charge < -0.3 is 10.6 Å². The van der Waals surface area contributed by atoms with Gasteiger partial charge in [-0.05, 0) is 36.8 Å². The summed E-state index contributed by atoms with van der Waals surface area (Å²) in [5, 5.41) is 7.02. The Bertz CT molecular complexity index is 1000. The summed E-state index contributed by atoms with van der Waals surface area (Å²) in [6, 6.07) is 14.8. The van der Waals surface area contributed by atoms with Crippen LogP contribution in [0.4, 0.5) is 5.69 Å². The lowest BCUT2D eigenvalue weighted by molar-refractivity contribution is -0.114. The predicted octanol–water partition coefficient (Wildman–Crippen LogP) is 4.66. The quantitative estimate of drug-likeness (QED) is 0.655. The van der Waals surface area contributed by atoms with E-state index in [0.29, 0.717) is 27.8 Å². The largest absolute Gasteiger partial charge is 0.347 e. The number of thiazole rings is 1. The molecule has 1 heterocycles. The molecule has 0 bridgehead atoms. The summed E-state index contributed by atoms with van der Waals surface area (Å²) < 4.78 is 0. The van der Waals surface area contributed by atoms with E-state index in [1.165, 1.54) is 18.3 Å². The smallest absolute Gasteiger partial charge is 0.263 e. The minimum atomic E-state index is -0.178. The zero-order valence-corrected chi connectivity index (χ0v) is 16.4. The van der Waals surface area contributed by atoms with Crippen LogP contribution in [0.1, 0.15) is 27.9 Å². The molecule has 0 fully saturated rings. The summed E-state index contributed by atoms with van der Waals surface area (Å²) in [5.74, 6) is -0.312. The fourth-order valence-corrected chi connectivity index (χ4v) is 3.75. The number of carbonyl (C=O) groups excluding carboxylic acids is 2. The summed E-state index contributed by atoms with van der Waals surface area (Å²) in [7, 11) is 0. The first-order chi connectivity index (χ1) is 12.9. The Morgan fingerprint density at radius 2 is 1.93 bits per heavy atom. The van der Waals surface area contributed by atoms with Crippen LogP contribution in [-0.4, -0.2) is 16.8 Å². The van der Waals surface area contributed by atoms with E-state index in [1.54, 1.807) is 12.1 Å². The minimum absolute atomic E-state index is 0.134. The van der Waals surface area contributed by atoms with Crippen LogP contribution in [-0.2, 0) is 11.3 Å². The highest BCUT2D eigenvalue weighted by Crippen LogP contribution is 2.29. The van der Waals surface area contributed by atoms with Gasteiger partial charge in [0.2, 0.25) is 5.91 Å². The number of amides is 2. The van der Waals surface area contributed by atoms with Crippen molar-refractivity contribution in [2.45, 2.75) is 20.4 Å². The molecule has 2 N–H and O–H groups in total. The van der Waals surface area contributed by atoms with E-state index in [0.717, 1.165) is 16.1 Å². The molecule has 7 heteroatoms. The first kappa shape index (κ1) is 19.1. The molecular weight excluding hydrogens is 382 g/mol. The van der Waals surface area contributed by atoms with E-state index in [4.69, 9.17) is 11.6 Å². The van der Waals surface area contributed by atoms with Gasteiger partial charge in [-0.1, -0.05) is 35.9 Å². The van der Waals surface area contributed by atoms with Crippen LogP contribution in [0, 0.1) is 6.92 Å². The van der Waals surface area contributed by atoms with Crippen molar-refractivity contribution in [1.29, 1.82) is 0 Å². The Balaban J connectivity index is 1.71. The normalized spacial score (nSPS) is 10.5. The third-order valence-electron chi connectivity index (χ3n) is 3.77. The molecule has 0 radical (unpaired) electrons. The maximum absolute atomic E-state index is 12.6. The summed E-state index contributed by atoms with van der Waals surface area (Å²) in [4.78, 5) is 28.8. The molecular formula is C20H18ClN3O2S. The average Bonchev–Trinajstić information content (AvgIpc) is 3.01. The fourth-order valence-electron chi connectivity index (χ4n) is 2.58. The molecule has 0 aliphatic carbocycles. The van der Waals surface area contributed by atoms with Gasteiger partial charge in [-0.15, -0.1) is 11.3 Å². The van der Waals surface area contributed by atoms with Crippen LogP contribution in [0.2, 0.25) is 5.02 Å². The van der Waals surface area contributed by atoms with Crippen LogP contribution in [0.5, 0.6) is 0 Å². The molecule has 3 rings (SSSR count). The highest BCUT2D eigenvalue weighted by molar-refractivity contribution is 7.17. The molecule has 1 aromatic heterocycles. The molecule has 2 aromatic carbocycles. The molecule has 0 saturated carbocycles. The highest BCUT2D eigenvalue weighted by Gasteiger charge is 2.16. The topological polar surface area (TPSA) is 71.1 Å². The van der Waals surface area contributed by atoms with E-state index < -0.39 is 0 Å². The number of nitrogens with one attached hydrogen (secondary N) is 2. The van der Waals surface area contributed by atoms with Crippen molar-refractivity contribution in [3.8, 4) is 10.6 Å². The van der Waals surface area contributed by atoms with Crippen molar-refractivity contribution in [1.82, 2.24) is 10.3 Å². The second kappa shape index (κ2) is 8.33. The van der Waals surface area contributed by atoms with Crippen molar-refractivity contribution in [2.75, 3.05) is 5.32 Å². The van der Waals surface area contributed by atoms with Crippen LogP contribution >= 0.6 is 22.9 Å². The van der Waals surface area contributed by atoms with Gasteiger partial charge in [0, 0.05) is 29.7 Å². The van der Waals surface area contributed by atoms with Crippen molar-refractivity contribution in [3.63, 3.8) is 0 Å². The zero-order valence-electron chi connectivity index (χ0n) is 14.9.